The van der Waals surface area contributed by atoms with E-state index in [0.29, 0.717) is 25.9 Å². The normalized spacial score (nSPS) is 22.6. The number of hydrogen-bond donors (Lipinski definition) is 0. The summed E-state index contributed by atoms with van der Waals surface area (Å²) in [6.07, 6.45) is 6.05. The molecule has 0 aliphatic carbocycles. The second-order valence-electron chi connectivity index (χ2n) is 4.09. The molecule has 0 radical (unpaired) electrons. The lowest BCUT2D eigenvalue weighted by molar-refractivity contribution is -0.131. The standard InChI is InChI=1S/C11H17NO3S/c1-3-6-12(4-2)11(13)8-10-5-7-16(14,15)9-10/h1,10H,4-9H2,2H3. The van der Waals surface area contributed by atoms with Crippen LogP contribution in [-0.2, 0) is 14.6 Å². The predicted octanol–water partition coefficient (Wildman–Crippen LogP) is 0.293. The quantitative estimate of drug-likeness (QED) is 0.667. The van der Waals surface area contributed by atoms with Gasteiger partial charge in [0.15, 0.2) is 9.84 Å². The van der Waals surface area contributed by atoms with Crippen LogP contribution in [0.4, 0.5) is 0 Å². The molecule has 90 valence electrons. The van der Waals surface area contributed by atoms with Crippen molar-refractivity contribution < 1.29 is 13.2 Å². The first-order valence-corrected chi connectivity index (χ1v) is 7.22. The molecule has 1 fully saturated rings. The minimum absolute atomic E-state index is 0.0238. The SMILES string of the molecule is C#CCN(CC)C(=O)CC1CCS(=O)(=O)C1. The van der Waals surface area contributed by atoms with Crippen molar-refractivity contribution in [2.24, 2.45) is 5.92 Å². The molecule has 4 nitrogen and oxygen atoms in total. The predicted molar refractivity (Wildman–Crippen MR) is 62.5 cm³/mol. The van der Waals surface area contributed by atoms with E-state index in [1.807, 2.05) is 6.92 Å². The van der Waals surface area contributed by atoms with Crippen LogP contribution in [0.2, 0.25) is 0 Å². The van der Waals surface area contributed by atoms with Crippen molar-refractivity contribution in [1.29, 1.82) is 0 Å². The fourth-order valence-electron chi connectivity index (χ4n) is 1.90. The lowest BCUT2D eigenvalue weighted by Gasteiger charge is -2.19. The molecule has 0 N–H and O–H groups in total. The monoisotopic (exact) mass is 243 g/mol. The summed E-state index contributed by atoms with van der Waals surface area (Å²) in [5, 5.41) is 0. The van der Waals surface area contributed by atoms with Crippen LogP contribution in [0, 0.1) is 18.3 Å². The van der Waals surface area contributed by atoms with Gasteiger partial charge in [0.1, 0.15) is 0 Å². The summed E-state index contributed by atoms with van der Waals surface area (Å²) in [4.78, 5) is 13.3. The molecule has 1 aliphatic rings. The fourth-order valence-corrected chi connectivity index (χ4v) is 3.76. The number of carbonyl (C=O) groups excluding carboxylic acids is 1. The van der Waals surface area contributed by atoms with E-state index in [2.05, 4.69) is 5.92 Å². The molecule has 1 heterocycles. The van der Waals surface area contributed by atoms with Gasteiger partial charge in [-0.15, -0.1) is 6.42 Å². The van der Waals surface area contributed by atoms with E-state index in [1.165, 1.54) is 0 Å². The minimum atomic E-state index is -2.90. The smallest absolute Gasteiger partial charge is 0.223 e. The van der Waals surface area contributed by atoms with Crippen LogP contribution in [0.3, 0.4) is 0 Å². The van der Waals surface area contributed by atoms with Gasteiger partial charge in [0, 0.05) is 13.0 Å². The number of rotatable bonds is 4. The highest BCUT2D eigenvalue weighted by Gasteiger charge is 2.30. The molecule has 0 saturated carbocycles. The van der Waals surface area contributed by atoms with Gasteiger partial charge in [0.25, 0.3) is 0 Å². The molecule has 16 heavy (non-hydrogen) atoms. The summed E-state index contributed by atoms with van der Waals surface area (Å²) in [5.74, 6) is 2.72. The van der Waals surface area contributed by atoms with Gasteiger partial charge in [-0.05, 0) is 19.3 Å². The van der Waals surface area contributed by atoms with Gasteiger partial charge in [-0.1, -0.05) is 5.92 Å². The van der Waals surface area contributed by atoms with Crippen LogP contribution in [0.5, 0.6) is 0 Å². The maximum atomic E-state index is 11.8. The second kappa shape index (κ2) is 5.35. The zero-order chi connectivity index (χ0) is 12.2. The van der Waals surface area contributed by atoms with E-state index in [1.54, 1.807) is 4.90 Å². The number of nitrogens with zero attached hydrogens (tertiary/aromatic N) is 1. The lowest BCUT2D eigenvalue weighted by Crippen LogP contribution is -2.32. The number of hydrogen-bond acceptors (Lipinski definition) is 3. The van der Waals surface area contributed by atoms with Crippen molar-refractivity contribution in [2.45, 2.75) is 19.8 Å². The first-order chi connectivity index (χ1) is 7.48. The zero-order valence-corrected chi connectivity index (χ0v) is 10.3. The third-order valence-electron chi connectivity index (χ3n) is 2.81. The van der Waals surface area contributed by atoms with Crippen molar-refractivity contribution in [1.82, 2.24) is 4.90 Å². The Bertz CT molecular complexity index is 394. The zero-order valence-electron chi connectivity index (χ0n) is 9.48. The highest BCUT2D eigenvalue weighted by molar-refractivity contribution is 7.91. The fraction of sp³-hybridized carbons (Fsp3) is 0.727. The van der Waals surface area contributed by atoms with Crippen LogP contribution in [0.15, 0.2) is 0 Å². The highest BCUT2D eigenvalue weighted by atomic mass is 32.2. The molecule has 5 heteroatoms. The summed E-state index contributed by atoms with van der Waals surface area (Å²) in [5.41, 5.74) is 0. The molecular weight excluding hydrogens is 226 g/mol. The third-order valence-corrected chi connectivity index (χ3v) is 4.64. The van der Waals surface area contributed by atoms with Gasteiger partial charge in [-0.2, -0.15) is 0 Å². The maximum absolute atomic E-state index is 11.8. The van der Waals surface area contributed by atoms with Gasteiger partial charge < -0.3 is 4.90 Å². The number of amides is 1. The Morgan fingerprint density at radius 3 is 2.69 bits per heavy atom. The summed E-state index contributed by atoms with van der Waals surface area (Å²) >= 11 is 0. The van der Waals surface area contributed by atoms with Gasteiger partial charge in [-0.25, -0.2) is 8.42 Å². The maximum Gasteiger partial charge on any atom is 0.223 e. The molecule has 0 bridgehead atoms. The minimum Gasteiger partial charge on any atom is -0.332 e. The molecule has 0 spiro atoms. The van der Waals surface area contributed by atoms with Gasteiger partial charge >= 0.3 is 0 Å². The molecule has 0 aromatic rings. The average molecular weight is 243 g/mol. The third kappa shape index (κ3) is 3.53. The van der Waals surface area contributed by atoms with Crippen molar-refractivity contribution in [3.05, 3.63) is 0 Å². The molecule has 0 aromatic carbocycles. The number of terminal acetylenes is 1. The molecule has 1 saturated heterocycles. The molecule has 1 amide bonds. The molecule has 1 aliphatic heterocycles. The van der Waals surface area contributed by atoms with E-state index >= 15 is 0 Å². The summed E-state index contributed by atoms with van der Waals surface area (Å²) in [6.45, 7) is 2.73. The molecular formula is C11H17NO3S. The van der Waals surface area contributed by atoms with Crippen LogP contribution in [0.25, 0.3) is 0 Å². The summed E-state index contributed by atoms with van der Waals surface area (Å²) in [6, 6.07) is 0. The molecule has 1 atom stereocenters. The van der Waals surface area contributed by atoms with Gasteiger partial charge in [-0.3, -0.25) is 4.79 Å². The summed E-state index contributed by atoms with van der Waals surface area (Å²) in [7, 11) is -2.90. The Morgan fingerprint density at radius 1 is 1.56 bits per heavy atom. The summed E-state index contributed by atoms with van der Waals surface area (Å²) < 4.78 is 22.5. The van der Waals surface area contributed by atoms with Crippen LogP contribution >= 0.6 is 0 Å². The molecule has 1 unspecified atom stereocenters. The van der Waals surface area contributed by atoms with Gasteiger partial charge in [0.05, 0.1) is 18.1 Å². The van der Waals surface area contributed by atoms with E-state index in [-0.39, 0.29) is 23.3 Å². The van der Waals surface area contributed by atoms with Crippen molar-refractivity contribution in [3.8, 4) is 12.3 Å². The first kappa shape index (κ1) is 13.0. The van der Waals surface area contributed by atoms with Crippen molar-refractivity contribution in [3.63, 3.8) is 0 Å². The molecule has 0 aromatic heterocycles. The van der Waals surface area contributed by atoms with E-state index < -0.39 is 9.84 Å². The largest absolute Gasteiger partial charge is 0.332 e. The lowest BCUT2D eigenvalue weighted by atomic mass is 10.0. The van der Waals surface area contributed by atoms with E-state index in [0.717, 1.165) is 0 Å². The number of sulfone groups is 1. The van der Waals surface area contributed by atoms with Crippen LogP contribution in [-0.4, -0.2) is 43.8 Å². The van der Waals surface area contributed by atoms with Crippen molar-refractivity contribution in [2.75, 3.05) is 24.6 Å². The molecule has 1 rings (SSSR count). The highest BCUT2D eigenvalue weighted by Crippen LogP contribution is 2.22. The number of carbonyl (C=O) groups is 1. The first-order valence-electron chi connectivity index (χ1n) is 5.40. The topological polar surface area (TPSA) is 54.5 Å². The van der Waals surface area contributed by atoms with E-state index in [9.17, 15) is 13.2 Å². The van der Waals surface area contributed by atoms with Crippen LogP contribution < -0.4 is 0 Å². The Labute approximate surface area is 96.9 Å². The second-order valence-corrected chi connectivity index (χ2v) is 6.31. The Kier molecular flexibility index (Phi) is 4.36. The average Bonchev–Trinajstić information content (AvgIpc) is 2.54. The Morgan fingerprint density at radius 2 is 2.25 bits per heavy atom. The Hall–Kier alpha value is -1.02. The van der Waals surface area contributed by atoms with Crippen LogP contribution in [0.1, 0.15) is 19.8 Å². The van der Waals surface area contributed by atoms with Crippen molar-refractivity contribution >= 4 is 15.7 Å². The Balaban J connectivity index is 2.49. The van der Waals surface area contributed by atoms with Gasteiger partial charge in [0.2, 0.25) is 5.91 Å². The van der Waals surface area contributed by atoms with E-state index in [4.69, 9.17) is 6.42 Å².